The summed E-state index contributed by atoms with van der Waals surface area (Å²) >= 11 is 0. The molecular formula is C15H17N3. The molecule has 1 heterocycles. The quantitative estimate of drug-likeness (QED) is 0.894. The molecule has 3 nitrogen and oxygen atoms in total. The monoisotopic (exact) mass is 239 g/mol. The fourth-order valence-corrected chi connectivity index (χ4v) is 2.54. The Morgan fingerprint density at radius 3 is 2.56 bits per heavy atom. The van der Waals surface area contributed by atoms with Crippen molar-refractivity contribution in [2.45, 2.75) is 32.2 Å². The largest absolute Gasteiger partial charge is 0.367 e. The van der Waals surface area contributed by atoms with Crippen molar-refractivity contribution in [2.75, 3.05) is 5.32 Å². The lowest BCUT2D eigenvalue weighted by atomic mass is 10.1. The first-order chi connectivity index (χ1) is 8.85. The molecule has 3 heteroatoms. The topological polar surface area (TPSA) is 37.8 Å². The Balaban J connectivity index is 1.72. The summed E-state index contributed by atoms with van der Waals surface area (Å²) in [6.45, 7) is 2.11. The van der Waals surface area contributed by atoms with Crippen LogP contribution < -0.4 is 5.32 Å². The Labute approximate surface area is 107 Å². The summed E-state index contributed by atoms with van der Waals surface area (Å²) in [5, 5.41) is 3.51. The number of nitrogens with one attached hydrogen (secondary N) is 1. The molecule has 1 aromatic carbocycles. The zero-order valence-electron chi connectivity index (χ0n) is 10.6. The van der Waals surface area contributed by atoms with Crippen molar-refractivity contribution in [3.8, 4) is 0 Å². The Morgan fingerprint density at radius 1 is 1.17 bits per heavy atom. The molecule has 0 amide bonds. The van der Waals surface area contributed by atoms with Gasteiger partial charge in [0.2, 0.25) is 0 Å². The van der Waals surface area contributed by atoms with Crippen molar-refractivity contribution >= 4 is 5.82 Å². The SMILES string of the molecule is CCc1cc(NC2Cc3ccccc3C2)ncn1. The minimum atomic E-state index is 0.460. The van der Waals surface area contributed by atoms with Gasteiger partial charge in [0.05, 0.1) is 0 Å². The summed E-state index contributed by atoms with van der Waals surface area (Å²) in [7, 11) is 0. The third kappa shape index (κ3) is 2.21. The number of hydrogen-bond acceptors (Lipinski definition) is 3. The molecule has 2 aromatic rings. The van der Waals surface area contributed by atoms with Gasteiger partial charge in [-0.1, -0.05) is 31.2 Å². The van der Waals surface area contributed by atoms with Gasteiger partial charge in [0.1, 0.15) is 12.1 Å². The normalized spacial score (nSPS) is 14.5. The lowest BCUT2D eigenvalue weighted by Gasteiger charge is -2.12. The highest BCUT2D eigenvalue weighted by atomic mass is 15.0. The van der Waals surface area contributed by atoms with Crippen LogP contribution in [0.5, 0.6) is 0 Å². The maximum absolute atomic E-state index is 4.29. The number of hydrogen-bond donors (Lipinski definition) is 1. The molecular weight excluding hydrogens is 222 g/mol. The molecule has 0 saturated heterocycles. The summed E-state index contributed by atoms with van der Waals surface area (Å²) in [4.78, 5) is 8.51. The maximum atomic E-state index is 4.29. The third-order valence-electron chi connectivity index (χ3n) is 3.49. The molecule has 0 saturated carbocycles. The highest BCUT2D eigenvalue weighted by Crippen LogP contribution is 2.23. The summed E-state index contributed by atoms with van der Waals surface area (Å²) in [6, 6.07) is 11.2. The highest BCUT2D eigenvalue weighted by Gasteiger charge is 2.20. The van der Waals surface area contributed by atoms with E-state index in [1.807, 2.05) is 6.07 Å². The van der Waals surface area contributed by atoms with Crippen molar-refractivity contribution in [3.63, 3.8) is 0 Å². The first kappa shape index (κ1) is 11.2. The number of nitrogens with zero attached hydrogens (tertiary/aromatic N) is 2. The van der Waals surface area contributed by atoms with Crippen LogP contribution in [-0.2, 0) is 19.3 Å². The zero-order chi connectivity index (χ0) is 12.4. The van der Waals surface area contributed by atoms with Crippen LogP contribution in [0.2, 0.25) is 0 Å². The molecule has 1 aliphatic carbocycles. The number of rotatable bonds is 3. The van der Waals surface area contributed by atoms with E-state index < -0.39 is 0 Å². The van der Waals surface area contributed by atoms with E-state index in [0.29, 0.717) is 6.04 Å². The Morgan fingerprint density at radius 2 is 1.89 bits per heavy atom. The van der Waals surface area contributed by atoms with Gasteiger partial charge in [0.25, 0.3) is 0 Å². The van der Waals surface area contributed by atoms with E-state index in [1.165, 1.54) is 11.1 Å². The van der Waals surface area contributed by atoms with Crippen LogP contribution in [0.4, 0.5) is 5.82 Å². The van der Waals surface area contributed by atoms with Crippen LogP contribution in [0.15, 0.2) is 36.7 Å². The Bertz CT molecular complexity index is 526. The van der Waals surface area contributed by atoms with Crippen LogP contribution in [0.3, 0.4) is 0 Å². The van der Waals surface area contributed by atoms with Gasteiger partial charge < -0.3 is 5.32 Å². The van der Waals surface area contributed by atoms with Gasteiger partial charge >= 0.3 is 0 Å². The van der Waals surface area contributed by atoms with Crippen molar-refractivity contribution < 1.29 is 0 Å². The van der Waals surface area contributed by atoms with E-state index in [-0.39, 0.29) is 0 Å². The molecule has 0 fully saturated rings. The second-order valence-electron chi connectivity index (χ2n) is 4.77. The number of anilines is 1. The second-order valence-corrected chi connectivity index (χ2v) is 4.77. The van der Waals surface area contributed by atoms with Crippen LogP contribution in [0.1, 0.15) is 23.7 Å². The smallest absolute Gasteiger partial charge is 0.129 e. The fraction of sp³-hybridized carbons (Fsp3) is 0.333. The minimum absolute atomic E-state index is 0.460. The second kappa shape index (κ2) is 4.77. The van der Waals surface area contributed by atoms with Gasteiger partial charge in [-0.05, 0) is 30.4 Å². The van der Waals surface area contributed by atoms with Crippen LogP contribution >= 0.6 is 0 Å². The molecule has 3 rings (SSSR count). The van der Waals surface area contributed by atoms with Gasteiger partial charge in [-0.25, -0.2) is 9.97 Å². The predicted octanol–water partition coefficient (Wildman–Crippen LogP) is 2.62. The van der Waals surface area contributed by atoms with E-state index in [0.717, 1.165) is 30.8 Å². The molecule has 1 aromatic heterocycles. The third-order valence-corrected chi connectivity index (χ3v) is 3.49. The van der Waals surface area contributed by atoms with Crippen molar-refractivity contribution in [1.29, 1.82) is 0 Å². The summed E-state index contributed by atoms with van der Waals surface area (Å²) in [5.41, 5.74) is 4.00. The predicted molar refractivity (Wildman–Crippen MR) is 72.7 cm³/mol. The number of aryl methyl sites for hydroxylation is 1. The summed E-state index contributed by atoms with van der Waals surface area (Å²) < 4.78 is 0. The van der Waals surface area contributed by atoms with Crippen molar-refractivity contribution in [1.82, 2.24) is 9.97 Å². The van der Waals surface area contributed by atoms with E-state index in [1.54, 1.807) is 6.33 Å². The van der Waals surface area contributed by atoms with E-state index >= 15 is 0 Å². The van der Waals surface area contributed by atoms with Crippen LogP contribution in [0.25, 0.3) is 0 Å². The van der Waals surface area contributed by atoms with Gasteiger partial charge in [-0.3, -0.25) is 0 Å². The van der Waals surface area contributed by atoms with E-state index in [9.17, 15) is 0 Å². The van der Waals surface area contributed by atoms with Gasteiger partial charge in [-0.15, -0.1) is 0 Å². The molecule has 18 heavy (non-hydrogen) atoms. The molecule has 0 atom stereocenters. The van der Waals surface area contributed by atoms with E-state index in [2.05, 4.69) is 46.5 Å². The first-order valence-corrected chi connectivity index (χ1v) is 6.49. The van der Waals surface area contributed by atoms with E-state index in [4.69, 9.17) is 0 Å². The summed E-state index contributed by atoms with van der Waals surface area (Å²) in [6.07, 6.45) is 4.76. The standard InChI is InChI=1S/C15H17N3/c1-2-13-9-15(17-10-16-13)18-14-7-11-5-3-4-6-12(11)8-14/h3-6,9-10,14H,2,7-8H2,1H3,(H,16,17,18). The van der Waals surface area contributed by atoms with Crippen molar-refractivity contribution in [2.24, 2.45) is 0 Å². The average molecular weight is 239 g/mol. The Hall–Kier alpha value is -1.90. The number of fused-ring (bicyclic) bond motifs is 1. The zero-order valence-corrected chi connectivity index (χ0v) is 10.6. The molecule has 0 bridgehead atoms. The van der Waals surface area contributed by atoms with Gasteiger partial charge in [0, 0.05) is 17.8 Å². The maximum Gasteiger partial charge on any atom is 0.129 e. The number of aromatic nitrogens is 2. The molecule has 0 unspecified atom stereocenters. The van der Waals surface area contributed by atoms with Gasteiger partial charge in [-0.2, -0.15) is 0 Å². The molecule has 0 aliphatic heterocycles. The lowest BCUT2D eigenvalue weighted by Crippen LogP contribution is -2.20. The van der Waals surface area contributed by atoms with Crippen molar-refractivity contribution in [3.05, 3.63) is 53.5 Å². The highest BCUT2D eigenvalue weighted by molar-refractivity contribution is 5.41. The van der Waals surface area contributed by atoms with Crippen LogP contribution in [0, 0.1) is 0 Å². The fourth-order valence-electron chi connectivity index (χ4n) is 2.54. The molecule has 92 valence electrons. The van der Waals surface area contributed by atoms with Gasteiger partial charge in [0.15, 0.2) is 0 Å². The minimum Gasteiger partial charge on any atom is -0.367 e. The number of benzene rings is 1. The molecule has 0 spiro atoms. The first-order valence-electron chi connectivity index (χ1n) is 6.49. The molecule has 1 N–H and O–H groups in total. The Kier molecular flexibility index (Phi) is 2.97. The lowest BCUT2D eigenvalue weighted by molar-refractivity contribution is 0.766. The summed E-state index contributed by atoms with van der Waals surface area (Å²) in [5.74, 6) is 0.944. The average Bonchev–Trinajstić information content (AvgIpc) is 2.81. The van der Waals surface area contributed by atoms with Crippen LogP contribution in [-0.4, -0.2) is 16.0 Å². The molecule has 0 radical (unpaired) electrons. The molecule has 1 aliphatic rings.